The number of aromatic nitrogens is 2. The summed E-state index contributed by atoms with van der Waals surface area (Å²) in [5.74, 6) is 0. The SMILES string of the molecule is O=C(Nc1cccc2[nH]ncc12)NC1CCc2cc(N3CCN(c4ccccc4)CC3)ccc21. The molecule has 4 aromatic rings. The van der Waals surface area contributed by atoms with Crippen LogP contribution >= 0.6 is 0 Å². The predicted molar refractivity (Wildman–Crippen MR) is 137 cm³/mol. The lowest BCUT2D eigenvalue weighted by Gasteiger charge is -2.37. The van der Waals surface area contributed by atoms with Gasteiger partial charge < -0.3 is 20.4 Å². The molecule has 1 unspecified atom stereocenters. The topological polar surface area (TPSA) is 76.3 Å². The van der Waals surface area contributed by atoms with Gasteiger partial charge in [0.15, 0.2) is 0 Å². The van der Waals surface area contributed by atoms with Crippen LogP contribution in [0.15, 0.2) is 72.9 Å². The Labute approximate surface area is 198 Å². The third kappa shape index (κ3) is 3.94. The smallest absolute Gasteiger partial charge is 0.319 e. The second kappa shape index (κ2) is 8.74. The van der Waals surface area contributed by atoms with E-state index in [4.69, 9.17) is 0 Å². The fraction of sp³-hybridized carbons (Fsp3) is 0.259. The van der Waals surface area contributed by atoms with Gasteiger partial charge in [-0.2, -0.15) is 5.10 Å². The van der Waals surface area contributed by atoms with Crippen molar-refractivity contribution in [3.8, 4) is 0 Å². The first-order valence-corrected chi connectivity index (χ1v) is 11.9. The molecule has 1 fully saturated rings. The summed E-state index contributed by atoms with van der Waals surface area (Å²) >= 11 is 0. The first-order valence-electron chi connectivity index (χ1n) is 11.9. The lowest BCUT2D eigenvalue weighted by atomic mass is 10.1. The molecule has 1 aliphatic carbocycles. The number of piperazine rings is 1. The molecule has 0 saturated carbocycles. The van der Waals surface area contributed by atoms with E-state index in [1.165, 1.54) is 22.5 Å². The number of hydrogen-bond acceptors (Lipinski definition) is 4. The van der Waals surface area contributed by atoms with Crippen molar-refractivity contribution in [1.82, 2.24) is 15.5 Å². The highest BCUT2D eigenvalue weighted by molar-refractivity contribution is 6.00. The number of carbonyl (C=O) groups is 1. The summed E-state index contributed by atoms with van der Waals surface area (Å²) in [6.07, 6.45) is 3.64. The molecule has 34 heavy (non-hydrogen) atoms. The molecule has 7 nitrogen and oxygen atoms in total. The number of rotatable bonds is 4. The van der Waals surface area contributed by atoms with Crippen molar-refractivity contribution in [1.29, 1.82) is 0 Å². The first-order chi connectivity index (χ1) is 16.7. The van der Waals surface area contributed by atoms with Crippen LogP contribution in [-0.2, 0) is 6.42 Å². The van der Waals surface area contributed by atoms with Crippen molar-refractivity contribution in [2.75, 3.05) is 41.3 Å². The van der Waals surface area contributed by atoms with Gasteiger partial charge in [0.1, 0.15) is 0 Å². The predicted octanol–water partition coefficient (Wildman–Crippen LogP) is 4.70. The van der Waals surface area contributed by atoms with Crippen molar-refractivity contribution in [2.24, 2.45) is 0 Å². The molecule has 1 aromatic heterocycles. The molecule has 0 radical (unpaired) electrons. The van der Waals surface area contributed by atoms with E-state index in [2.05, 4.69) is 79.2 Å². The van der Waals surface area contributed by atoms with Crippen LogP contribution in [0.3, 0.4) is 0 Å². The zero-order chi connectivity index (χ0) is 22.9. The Balaban J connectivity index is 1.09. The van der Waals surface area contributed by atoms with Gasteiger partial charge in [0.05, 0.1) is 23.4 Å². The second-order valence-electron chi connectivity index (χ2n) is 9.02. The fourth-order valence-electron chi connectivity index (χ4n) is 5.21. The number of carbonyl (C=O) groups excluding carboxylic acids is 1. The molecular formula is C27H28N6O. The van der Waals surface area contributed by atoms with Crippen LogP contribution in [-0.4, -0.2) is 42.4 Å². The van der Waals surface area contributed by atoms with Crippen LogP contribution in [0.25, 0.3) is 10.9 Å². The van der Waals surface area contributed by atoms with Gasteiger partial charge in [-0.25, -0.2) is 4.79 Å². The number of aryl methyl sites for hydroxylation is 1. The molecule has 1 aliphatic heterocycles. The normalized spacial score (nSPS) is 17.6. The van der Waals surface area contributed by atoms with Crippen molar-refractivity contribution in [2.45, 2.75) is 18.9 Å². The van der Waals surface area contributed by atoms with E-state index in [0.29, 0.717) is 0 Å². The van der Waals surface area contributed by atoms with Gasteiger partial charge >= 0.3 is 6.03 Å². The molecule has 3 aromatic carbocycles. The number of H-pyrrole nitrogens is 1. The number of nitrogens with one attached hydrogen (secondary N) is 3. The minimum absolute atomic E-state index is 0.0301. The summed E-state index contributed by atoms with van der Waals surface area (Å²) in [6, 6.07) is 22.9. The fourth-order valence-corrected chi connectivity index (χ4v) is 5.21. The van der Waals surface area contributed by atoms with Gasteiger partial charge in [-0.05, 0) is 60.4 Å². The average Bonchev–Trinajstić information content (AvgIpc) is 3.52. The van der Waals surface area contributed by atoms with Crippen molar-refractivity contribution in [3.05, 3.63) is 84.1 Å². The van der Waals surface area contributed by atoms with E-state index in [9.17, 15) is 4.79 Å². The van der Waals surface area contributed by atoms with Crippen LogP contribution in [0.5, 0.6) is 0 Å². The molecule has 0 bridgehead atoms. The zero-order valence-electron chi connectivity index (χ0n) is 19.0. The summed E-state index contributed by atoms with van der Waals surface area (Å²) in [4.78, 5) is 17.7. The molecule has 1 saturated heterocycles. The number of anilines is 3. The number of amides is 2. The number of aromatic amines is 1. The molecular weight excluding hydrogens is 424 g/mol. The maximum atomic E-state index is 12.7. The highest BCUT2D eigenvalue weighted by Crippen LogP contribution is 2.34. The van der Waals surface area contributed by atoms with Gasteiger partial charge in [-0.3, -0.25) is 5.10 Å². The highest BCUT2D eigenvalue weighted by Gasteiger charge is 2.26. The molecule has 0 spiro atoms. The van der Waals surface area contributed by atoms with Crippen molar-refractivity contribution < 1.29 is 4.79 Å². The molecule has 3 N–H and O–H groups in total. The molecule has 2 heterocycles. The van der Waals surface area contributed by atoms with Crippen LogP contribution in [0.2, 0.25) is 0 Å². The summed E-state index contributed by atoms with van der Waals surface area (Å²) in [5, 5.41) is 14.1. The summed E-state index contributed by atoms with van der Waals surface area (Å²) < 4.78 is 0. The summed E-state index contributed by atoms with van der Waals surface area (Å²) in [6.45, 7) is 4.07. The summed E-state index contributed by atoms with van der Waals surface area (Å²) in [5.41, 5.74) is 6.80. The minimum Gasteiger partial charge on any atom is -0.368 e. The molecule has 1 atom stereocenters. The third-order valence-corrected chi connectivity index (χ3v) is 7.01. The molecule has 172 valence electrons. The number of nitrogens with zero attached hydrogens (tertiary/aromatic N) is 3. The molecule has 6 rings (SSSR count). The van der Waals surface area contributed by atoms with E-state index in [0.717, 1.165) is 55.6 Å². The van der Waals surface area contributed by atoms with E-state index in [-0.39, 0.29) is 12.1 Å². The van der Waals surface area contributed by atoms with E-state index in [1.807, 2.05) is 18.2 Å². The van der Waals surface area contributed by atoms with Gasteiger partial charge in [-0.15, -0.1) is 0 Å². The molecule has 7 heteroatoms. The highest BCUT2D eigenvalue weighted by atomic mass is 16.2. The maximum Gasteiger partial charge on any atom is 0.319 e. The van der Waals surface area contributed by atoms with Crippen LogP contribution in [0.4, 0.5) is 21.9 Å². The van der Waals surface area contributed by atoms with Gasteiger partial charge in [-0.1, -0.05) is 30.3 Å². The first kappa shape index (κ1) is 20.6. The Bertz CT molecular complexity index is 1310. The zero-order valence-corrected chi connectivity index (χ0v) is 19.0. The summed E-state index contributed by atoms with van der Waals surface area (Å²) in [7, 11) is 0. The molecule has 2 amide bonds. The van der Waals surface area contributed by atoms with Gasteiger partial charge in [0.25, 0.3) is 0 Å². The monoisotopic (exact) mass is 452 g/mol. The van der Waals surface area contributed by atoms with Crippen LogP contribution in [0, 0.1) is 0 Å². The van der Waals surface area contributed by atoms with E-state index >= 15 is 0 Å². The number of benzene rings is 3. The number of urea groups is 1. The van der Waals surface area contributed by atoms with Crippen molar-refractivity contribution >= 4 is 34.0 Å². The second-order valence-corrected chi connectivity index (χ2v) is 9.02. The Morgan fingerprint density at radius 3 is 2.53 bits per heavy atom. The lowest BCUT2D eigenvalue weighted by molar-refractivity contribution is 0.248. The standard InChI is InChI=1S/C27H28N6O/c34-27(29-24-7-4-8-26-23(24)18-28-31-26)30-25-12-9-19-17-21(10-11-22(19)25)33-15-13-32(14-16-33)20-5-2-1-3-6-20/h1-8,10-11,17-18,25H,9,12-16H2,(H,28,31)(H2,29,30,34). The number of hydrogen-bond donors (Lipinski definition) is 3. The van der Waals surface area contributed by atoms with Crippen LogP contribution < -0.4 is 20.4 Å². The maximum absolute atomic E-state index is 12.7. The Kier molecular flexibility index (Phi) is 5.30. The van der Waals surface area contributed by atoms with Gasteiger partial charge in [0.2, 0.25) is 0 Å². The third-order valence-electron chi connectivity index (χ3n) is 7.01. The average molecular weight is 453 g/mol. The Morgan fingerprint density at radius 1 is 0.912 bits per heavy atom. The minimum atomic E-state index is -0.187. The Hall–Kier alpha value is -4.00. The quantitative estimate of drug-likeness (QED) is 0.420. The molecule has 2 aliphatic rings. The largest absolute Gasteiger partial charge is 0.368 e. The van der Waals surface area contributed by atoms with Crippen molar-refractivity contribution in [3.63, 3.8) is 0 Å². The Morgan fingerprint density at radius 2 is 1.71 bits per heavy atom. The van der Waals surface area contributed by atoms with Gasteiger partial charge in [0, 0.05) is 42.9 Å². The number of fused-ring (bicyclic) bond motifs is 2. The number of para-hydroxylation sites is 1. The van der Waals surface area contributed by atoms with E-state index in [1.54, 1.807) is 6.20 Å². The van der Waals surface area contributed by atoms with Crippen LogP contribution in [0.1, 0.15) is 23.6 Å². The lowest BCUT2D eigenvalue weighted by Crippen LogP contribution is -2.46. The van der Waals surface area contributed by atoms with E-state index < -0.39 is 0 Å².